The van der Waals surface area contributed by atoms with Crippen molar-refractivity contribution >= 4 is 10.8 Å². The maximum Gasteiger partial charge on any atom is 0.254 e. The summed E-state index contributed by atoms with van der Waals surface area (Å²) in [5.74, 6) is 0.624. The number of rotatable bonds is 1. The number of hydrogen-bond acceptors (Lipinski definition) is 2. The number of aryl methyl sites for hydroxylation is 1. The van der Waals surface area contributed by atoms with Crippen LogP contribution in [0.2, 0.25) is 0 Å². The van der Waals surface area contributed by atoms with Crippen molar-refractivity contribution in [1.82, 2.24) is 9.97 Å². The molecule has 19 heavy (non-hydrogen) atoms. The van der Waals surface area contributed by atoms with Crippen molar-refractivity contribution in [2.24, 2.45) is 0 Å². The Balaban J connectivity index is 2.22. The van der Waals surface area contributed by atoms with E-state index in [1.165, 1.54) is 5.39 Å². The maximum atomic E-state index is 11.8. The molecule has 0 amide bonds. The van der Waals surface area contributed by atoms with E-state index in [-0.39, 0.29) is 5.56 Å². The first-order chi connectivity index (χ1) is 9.15. The third-order valence-corrected chi connectivity index (χ3v) is 3.42. The van der Waals surface area contributed by atoms with Gasteiger partial charge in [-0.15, -0.1) is 0 Å². The van der Waals surface area contributed by atoms with E-state index in [1.54, 1.807) is 6.92 Å². The van der Waals surface area contributed by atoms with Crippen LogP contribution in [0, 0.1) is 13.8 Å². The molecule has 0 spiro atoms. The molecule has 0 radical (unpaired) electrons. The van der Waals surface area contributed by atoms with Gasteiger partial charge in [-0.05, 0) is 30.7 Å². The molecule has 0 unspecified atom stereocenters. The van der Waals surface area contributed by atoms with Crippen LogP contribution < -0.4 is 5.56 Å². The molecule has 0 bridgehead atoms. The molecule has 0 saturated carbocycles. The van der Waals surface area contributed by atoms with E-state index in [0.717, 1.165) is 16.6 Å². The van der Waals surface area contributed by atoms with Gasteiger partial charge in [0, 0.05) is 16.8 Å². The van der Waals surface area contributed by atoms with Crippen molar-refractivity contribution in [3.8, 4) is 11.4 Å². The molecule has 1 aromatic heterocycles. The summed E-state index contributed by atoms with van der Waals surface area (Å²) < 4.78 is 0. The molecule has 0 fully saturated rings. The van der Waals surface area contributed by atoms with Gasteiger partial charge in [0.2, 0.25) is 0 Å². The Morgan fingerprint density at radius 1 is 1.00 bits per heavy atom. The van der Waals surface area contributed by atoms with E-state index in [9.17, 15) is 4.79 Å². The normalized spacial score (nSPS) is 10.8. The molecule has 3 nitrogen and oxygen atoms in total. The van der Waals surface area contributed by atoms with E-state index in [2.05, 4.69) is 22.1 Å². The smallest absolute Gasteiger partial charge is 0.254 e. The van der Waals surface area contributed by atoms with Gasteiger partial charge in [0.15, 0.2) is 0 Å². The fourth-order valence-corrected chi connectivity index (χ4v) is 2.12. The van der Waals surface area contributed by atoms with Crippen molar-refractivity contribution in [3.05, 3.63) is 64.1 Å². The van der Waals surface area contributed by atoms with Gasteiger partial charge in [-0.3, -0.25) is 4.79 Å². The van der Waals surface area contributed by atoms with Gasteiger partial charge in [-0.2, -0.15) is 0 Å². The second-order valence-electron chi connectivity index (χ2n) is 4.69. The van der Waals surface area contributed by atoms with E-state index in [1.807, 2.05) is 37.3 Å². The highest BCUT2D eigenvalue weighted by atomic mass is 16.1. The van der Waals surface area contributed by atoms with Crippen LogP contribution in [0.5, 0.6) is 0 Å². The van der Waals surface area contributed by atoms with E-state index in [4.69, 9.17) is 0 Å². The number of benzene rings is 2. The summed E-state index contributed by atoms with van der Waals surface area (Å²) in [4.78, 5) is 19.1. The highest BCUT2D eigenvalue weighted by Gasteiger charge is 2.06. The average Bonchev–Trinajstić information content (AvgIpc) is 2.43. The first kappa shape index (κ1) is 11.7. The van der Waals surface area contributed by atoms with Gasteiger partial charge in [0.05, 0.1) is 0 Å². The predicted octanol–water partition coefficient (Wildman–Crippen LogP) is 3.21. The quantitative estimate of drug-likeness (QED) is 0.720. The van der Waals surface area contributed by atoms with Gasteiger partial charge in [-0.25, -0.2) is 4.98 Å². The number of hydrogen-bond donors (Lipinski definition) is 1. The monoisotopic (exact) mass is 250 g/mol. The van der Waals surface area contributed by atoms with Gasteiger partial charge in [0.25, 0.3) is 5.56 Å². The summed E-state index contributed by atoms with van der Waals surface area (Å²) in [6.07, 6.45) is 0. The summed E-state index contributed by atoms with van der Waals surface area (Å²) in [7, 11) is 0. The third kappa shape index (κ3) is 2.03. The van der Waals surface area contributed by atoms with Gasteiger partial charge < -0.3 is 4.98 Å². The van der Waals surface area contributed by atoms with Crippen LogP contribution in [0.15, 0.2) is 47.3 Å². The topological polar surface area (TPSA) is 45.8 Å². The molecule has 0 aliphatic carbocycles. The van der Waals surface area contributed by atoms with Crippen LogP contribution in [0.1, 0.15) is 11.3 Å². The summed E-state index contributed by atoms with van der Waals surface area (Å²) in [6, 6.07) is 14.2. The van der Waals surface area contributed by atoms with Crippen molar-refractivity contribution in [1.29, 1.82) is 0 Å². The molecular weight excluding hydrogens is 236 g/mol. The van der Waals surface area contributed by atoms with Crippen molar-refractivity contribution in [2.45, 2.75) is 13.8 Å². The molecule has 94 valence electrons. The van der Waals surface area contributed by atoms with Gasteiger partial charge in [-0.1, -0.05) is 36.4 Å². The van der Waals surface area contributed by atoms with Crippen LogP contribution >= 0.6 is 0 Å². The van der Waals surface area contributed by atoms with Crippen molar-refractivity contribution < 1.29 is 0 Å². The highest BCUT2D eigenvalue weighted by Crippen LogP contribution is 2.21. The molecule has 0 atom stereocenters. The summed E-state index contributed by atoms with van der Waals surface area (Å²) in [5.41, 5.74) is 2.30. The number of fused-ring (bicyclic) bond motifs is 1. The Kier molecular flexibility index (Phi) is 2.67. The van der Waals surface area contributed by atoms with E-state index >= 15 is 0 Å². The standard InChI is InChI=1S/C16H14N2O/c1-10-11(2)17-15(18-16(10)19)14-8-7-12-5-3-4-6-13(12)9-14/h3-9H,1-2H3,(H,17,18,19). The molecule has 1 heterocycles. The zero-order valence-electron chi connectivity index (χ0n) is 10.9. The molecule has 3 heteroatoms. The average molecular weight is 250 g/mol. The maximum absolute atomic E-state index is 11.8. The minimum atomic E-state index is -0.0735. The summed E-state index contributed by atoms with van der Waals surface area (Å²) in [6.45, 7) is 3.64. The van der Waals surface area contributed by atoms with Crippen molar-refractivity contribution in [3.63, 3.8) is 0 Å². The van der Waals surface area contributed by atoms with Crippen LogP contribution in [0.25, 0.3) is 22.2 Å². The Hall–Kier alpha value is -2.42. The Morgan fingerprint density at radius 3 is 2.47 bits per heavy atom. The molecule has 1 N–H and O–H groups in total. The molecule has 3 aromatic rings. The van der Waals surface area contributed by atoms with E-state index in [0.29, 0.717) is 11.4 Å². The summed E-state index contributed by atoms with van der Waals surface area (Å²) in [5, 5.41) is 2.32. The number of nitrogens with one attached hydrogen (secondary N) is 1. The first-order valence-corrected chi connectivity index (χ1v) is 6.22. The highest BCUT2D eigenvalue weighted by molar-refractivity contribution is 5.86. The fraction of sp³-hybridized carbons (Fsp3) is 0.125. The number of aromatic amines is 1. The molecule has 0 saturated heterocycles. The number of H-pyrrole nitrogens is 1. The lowest BCUT2D eigenvalue weighted by Gasteiger charge is -2.05. The zero-order valence-corrected chi connectivity index (χ0v) is 10.9. The van der Waals surface area contributed by atoms with Crippen LogP contribution in [0.4, 0.5) is 0 Å². The minimum absolute atomic E-state index is 0.0735. The molecule has 2 aromatic carbocycles. The predicted molar refractivity (Wildman–Crippen MR) is 77.3 cm³/mol. The molecule has 0 aliphatic heterocycles. The van der Waals surface area contributed by atoms with Crippen LogP contribution in [0.3, 0.4) is 0 Å². The molecular formula is C16H14N2O. The second kappa shape index (κ2) is 4.35. The first-order valence-electron chi connectivity index (χ1n) is 6.22. The lowest BCUT2D eigenvalue weighted by Crippen LogP contribution is -2.14. The Bertz CT molecular complexity index is 818. The number of nitrogens with zero attached hydrogens (tertiary/aromatic N) is 1. The zero-order chi connectivity index (χ0) is 13.4. The Morgan fingerprint density at radius 2 is 1.74 bits per heavy atom. The number of aromatic nitrogens is 2. The summed E-state index contributed by atoms with van der Waals surface area (Å²) >= 11 is 0. The van der Waals surface area contributed by atoms with Gasteiger partial charge in [0.1, 0.15) is 5.82 Å². The largest absolute Gasteiger partial charge is 0.306 e. The second-order valence-corrected chi connectivity index (χ2v) is 4.69. The van der Waals surface area contributed by atoms with Crippen LogP contribution in [-0.4, -0.2) is 9.97 Å². The minimum Gasteiger partial charge on any atom is -0.306 e. The van der Waals surface area contributed by atoms with Gasteiger partial charge >= 0.3 is 0 Å². The van der Waals surface area contributed by atoms with Crippen molar-refractivity contribution in [2.75, 3.05) is 0 Å². The molecule has 0 aliphatic rings. The lowest BCUT2D eigenvalue weighted by molar-refractivity contribution is 1.03. The Labute approximate surface area is 111 Å². The molecule has 3 rings (SSSR count). The third-order valence-electron chi connectivity index (χ3n) is 3.42. The van der Waals surface area contributed by atoms with E-state index < -0.39 is 0 Å². The lowest BCUT2D eigenvalue weighted by atomic mass is 10.1. The SMILES string of the molecule is Cc1nc(-c2ccc3ccccc3c2)[nH]c(=O)c1C. The fourth-order valence-electron chi connectivity index (χ4n) is 2.12. The van der Waals surface area contributed by atoms with Crippen LogP contribution in [-0.2, 0) is 0 Å².